The summed E-state index contributed by atoms with van der Waals surface area (Å²) < 4.78 is 0. The Hall–Kier alpha value is -3.00. The zero-order valence-electron chi connectivity index (χ0n) is 17.6. The molecule has 1 atom stereocenters. The van der Waals surface area contributed by atoms with Crippen molar-refractivity contribution in [3.05, 3.63) is 76.0 Å². The number of rotatable bonds is 3. The molecule has 1 aromatic heterocycles. The second-order valence-electron chi connectivity index (χ2n) is 8.21. The zero-order chi connectivity index (χ0) is 20.9. The van der Waals surface area contributed by atoms with Gasteiger partial charge in [-0.1, -0.05) is 24.3 Å². The van der Waals surface area contributed by atoms with Gasteiger partial charge in [0.2, 0.25) is 5.95 Å². The first-order chi connectivity index (χ1) is 14.5. The standard InChI is InChI=1S/C23H27N7/c1-14-5-4-6-15(2)20(14)23(24)19-13-26-22(28-21(19)30(3)29-23)27-18-8-7-16-9-10-25-12-17(16)11-18/h4-8,11,13,25,29H,9-10,12,24H2,1-3H3,(H,26,27,28). The van der Waals surface area contributed by atoms with Gasteiger partial charge in [-0.2, -0.15) is 4.98 Å². The maximum atomic E-state index is 6.90. The minimum atomic E-state index is -0.866. The summed E-state index contributed by atoms with van der Waals surface area (Å²) in [7, 11) is 1.93. The molecule has 2 aromatic carbocycles. The maximum absolute atomic E-state index is 6.90. The Bertz CT molecular complexity index is 1110. The summed E-state index contributed by atoms with van der Waals surface area (Å²) in [5.74, 6) is 1.33. The van der Waals surface area contributed by atoms with E-state index in [0.717, 1.165) is 53.3 Å². The molecule has 5 rings (SSSR count). The van der Waals surface area contributed by atoms with Crippen LogP contribution in [0.5, 0.6) is 0 Å². The van der Waals surface area contributed by atoms with Gasteiger partial charge in [-0.25, -0.2) is 10.4 Å². The predicted octanol–water partition coefficient (Wildman–Crippen LogP) is 2.60. The van der Waals surface area contributed by atoms with Crippen molar-refractivity contribution in [2.45, 2.75) is 32.5 Å². The van der Waals surface area contributed by atoms with Gasteiger partial charge in [0, 0.05) is 25.5 Å². The molecule has 0 radical (unpaired) electrons. The van der Waals surface area contributed by atoms with E-state index in [1.807, 2.05) is 18.3 Å². The van der Waals surface area contributed by atoms with Gasteiger partial charge < -0.3 is 16.4 Å². The van der Waals surface area contributed by atoms with Crippen LogP contribution in [-0.2, 0) is 18.6 Å². The fraction of sp³-hybridized carbons (Fsp3) is 0.304. The molecular formula is C23H27N7. The molecule has 0 saturated heterocycles. The number of fused-ring (bicyclic) bond motifs is 2. The van der Waals surface area contributed by atoms with Crippen LogP contribution in [0.2, 0.25) is 0 Å². The van der Waals surface area contributed by atoms with Gasteiger partial charge in [0.1, 0.15) is 5.66 Å². The van der Waals surface area contributed by atoms with E-state index in [0.29, 0.717) is 5.95 Å². The van der Waals surface area contributed by atoms with E-state index in [1.165, 1.54) is 11.1 Å². The smallest absolute Gasteiger partial charge is 0.229 e. The lowest BCUT2D eigenvalue weighted by Crippen LogP contribution is -2.52. The van der Waals surface area contributed by atoms with Crippen LogP contribution in [0.4, 0.5) is 17.5 Å². The quantitative estimate of drug-likeness (QED) is 0.536. The van der Waals surface area contributed by atoms with Gasteiger partial charge in [-0.05, 0) is 66.8 Å². The van der Waals surface area contributed by atoms with Gasteiger partial charge in [0.15, 0.2) is 5.82 Å². The summed E-state index contributed by atoms with van der Waals surface area (Å²) in [4.78, 5) is 9.36. The minimum Gasteiger partial charge on any atom is -0.324 e. The first kappa shape index (κ1) is 19.0. The molecule has 3 aromatic rings. The SMILES string of the molecule is Cc1cccc(C)c1C1(N)NN(C)c2nc(Nc3ccc4c(c3)CNCC4)ncc21. The highest BCUT2D eigenvalue weighted by Gasteiger charge is 2.43. The second-order valence-corrected chi connectivity index (χ2v) is 8.21. The summed E-state index contributed by atoms with van der Waals surface area (Å²) in [6.07, 6.45) is 2.89. The molecule has 7 nitrogen and oxygen atoms in total. The van der Waals surface area contributed by atoms with Gasteiger partial charge in [-0.3, -0.25) is 5.01 Å². The Balaban J connectivity index is 1.49. The van der Waals surface area contributed by atoms with Crippen LogP contribution in [0.25, 0.3) is 0 Å². The number of nitrogens with zero attached hydrogens (tertiary/aromatic N) is 3. The normalized spacial score (nSPS) is 20.1. The predicted molar refractivity (Wildman–Crippen MR) is 120 cm³/mol. The molecule has 0 aliphatic carbocycles. The lowest BCUT2D eigenvalue weighted by Gasteiger charge is -2.29. The van der Waals surface area contributed by atoms with Crippen molar-refractivity contribution in [3.8, 4) is 0 Å². The number of hydrogen-bond donors (Lipinski definition) is 4. The first-order valence-electron chi connectivity index (χ1n) is 10.3. The largest absolute Gasteiger partial charge is 0.324 e. The topological polar surface area (TPSA) is 91.1 Å². The van der Waals surface area contributed by atoms with Gasteiger partial charge >= 0.3 is 0 Å². The second kappa shape index (κ2) is 7.05. The Morgan fingerprint density at radius 1 is 1.13 bits per heavy atom. The lowest BCUT2D eigenvalue weighted by atomic mass is 9.88. The molecule has 2 aliphatic rings. The molecule has 7 heteroatoms. The van der Waals surface area contributed by atoms with Crippen molar-refractivity contribution in [2.24, 2.45) is 5.73 Å². The number of hydrogen-bond acceptors (Lipinski definition) is 7. The van der Waals surface area contributed by atoms with E-state index in [4.69, 9.17) is 10.7 Å². The number of nitrogens with two attached hydrogens (primary N) is 1. The summed E-state index contributed by atoms with van der Waals surface area (Å²) >= 11 is 0. The van der Waals surface area contributed by atoms with Crippen LogP contribution in [0, 0.1) is 13.8 Å². The molecule has 0 amide bonds. The van der Waals surface area contributed by atoms with Gasteiger partial charge in [-0.15, -0.1) is 0 Å². The zero-order valence-corrected chi connectivity index (χ0v) is 17.6. The highest BCUT2D eigenvalue weighted by atomic mass is 15.6. The minimum absolute atomic E-state index is 0.553. The fourth-order valence-electron chi connectivity index (χ4n) is 4.66. The molecular weight excluding hydrogens is 374 g/mol. The molecule has 0 saturated carbocycles. The third-order valence-electron chi connectivity index (χ3n) is 6.08. The molecule has 3 heterocycles. The highest BCUT2D eigenvalue weighted by Crippen LogP contribution is 2.39. The molecule has 5 N–H and O–H groups in total. The van der Waals surface area contributed by atoms with Crippen molar-refractivity contribution in [1.29, 1.82) is 0 Å². The number of benzene rings is 2. The van der Waals surface area contributed by atoms with Crippen LogP contribution in [0.1, 0.15) is 33.4 Å². The van der Waals surface area contributed by atoms with Crippen LogP contribution in [0.15, 0.2) is 42.6 Å². The summed E-state index contributed by atoms with van der Waals surface area (Å²) in [6, 6.07) is 12.7. The van der Waals surface area contributed by atoms with E-state index in [-0.39, 0.29) is 0 Å². The Labute approximate surface area is 176 Å². The Kier molecular flexibility index (Phi) is 4.47. The number of nitrogens with one attached hydrogen (secondary N) is 3. The van der Waals surface area contributed by atoms with Crippen LogP contribution in [-0.4, -0.2) is 23.6 Å². The number of anilines is 3. The van der Waals surface area contributed by atoms with Gasteiger partial charge in [0.05, 0.1) is 5.56 Å². The third kappa shape index (κ3) is 3.02. The number of aryl methyl sites for hydroxylation is 2. The summed E-state index contributed by atoms with van der Waals surface area (Å²) in [5.41, 5.74) is 17.3. The van der Waals surface area contributed by atoms with Crippen molar-refractivity contribution in [1.82, 2.24) is 20.7 Å². The van der Waals surface area contributed by atoms with Gasteiger partial charge in [0.25, 0.3) is 0 Å². The number of hydrazine groups is 1. The molecule has 1 unspecified atom stereocenters. The van der Waals surface area contributed by atoms with E-state index in [9.17, 15) is 0 Å². The average Bonchev–Trinajstić information content (AvgIpc) is 2.98. The fourth-order valence-corrected chi connectivity index (χ4v) is 4.66. The maximum Gasteiger partial charge on any atom is 0.229 e. The van der Waals surface area contributed by atoms with E-state index >= 15 is 0 Å². The molecule has 0 spiro atoms. The van der Waals surface area contributed by atoms with E-state index < -0.39 is 5.66 Å². The van der Waals surface area contributed by atoms with Crippen LogP contribution >= 0.6 is 0 Å². The summed E-state index contributed by atoms with van der Waals surface area (Å²) in [6.45, 7) is 6.10. The number of aromatic nitrogens is 2. The van der Waals surface area contributed by atoms with Crippen molar-refractivity contribution < 1.29 is 0 Å². The first-order valence-corrected chi connectivity index (χ1v) is 10.3. The molecule has 2 aliphatic heterocycles. The Morgan fingerprint density at radius 3 is 2.73 bits per heavy atom. The molecule has 0 bridgehead atoms. The molecule has 0 fully saturated rings. The van der Waals surface area contributed by atoms with Crippen molar-refractivity contribution in [2.75, 3.05) is 23.9 Å². The monoisotopic (exact) mass is 401 g/mol. The third-order valence-corrected chi connectivity index (χ3v) is 6.08. The highest BCUT2D eigenvalue weighted by molar-refractivity contribution is 5.64. The lowest BCUT2D eigenvalue weighted by molar-refractivity contribution is 0.442. The average molecular weight is 402 g/mol. The molecule has 154 valence electrons. The summed E-state index contributed by atoms with van der Waals surface area (Å²) in [5, 5.41) is 8.65. The Morgan fingerprint density at radius 2 is 1.93 bits per heavy atom. The van der Waals surface area contributed by atoms with Crippen molar-refractivity contribution in [3.63, 3.8) is 0 Å². The van der Waals surface area contributed by atoms with E-state index in [2.05, 4.69) is 71.3 Å². The molecule has 30 heavy (non-hydrogen) atoms. The van der Waals surface area contributed by atoms with Crippen molar-refractivity contribution >= 4 is 17.5 Å². The van der Waals surface area contributed by atoms with Crippen LogP contribution < -0.4 is 26.8 Å². The van der Waals surface area contributed by atoms with E-state index in [1.54, 1.807) is 0 Å². The van der Waals surface area contributed by atoms with Crippen LogP contribution in [0.3, 0.4) is 0 Å².